The third-order valence-corrected chi connectivity index (χ3v) is 8.95. The molecule has 0 aromatic heterocycles. The van der Waals surface area contributed by atoms with Gasteiger partial charge in [0.05, 0.1) is 4.90 Å². The zero-order valence-corrected chi connectivity index (χ0v) is 21.6. The lowest BCUT2D eigenvalue weighted by Crippen LogP contribution is -2.46. The molecule has 1 amide bonds. The maximum absolute atomic E-state index is 13.0. The van der Waals surface area contributed by atoms with E-state index in [-0.39, 0.29) is 10.8 Å². The maximum atomic E-state index is 13.0. The lowest BCUT2D eigenvalue weighted by atomic mass is 10.1. The second-order valence-corrected chi connectivity index (χ2v) is 11.6. The van der Waals surface area contributed by atoms with Crippen LogP contribution in [0.1, 0.15) is 47.2 Å². The largest absolute Gasteiger partial charge is 0.352 e. The number of carbonyl (C=O) groups is 1. The van der Waals surface area contributed by atoms with E-state index in [0.29, 0.717) is 25.2 Å². The van der Waals surface area contributed by atoms with E-state index >= 15 is 0 Å². The van der Waals surface area contributed by atoms with Crippen molar-refractivity contribution in [2.45, 2.75) is 44.0 Å². The fourth-order valence-corrected chi connectivity index (χ4v) is 6.42. The number of hydrogen-bond acceptors (Lipinski definition) is 5. The highest BCUT2D eigenvalue weighted by Crippen LogP contribution is 2.23. The van der Waals surface area contributed by atoms with Gasteiger partial charge in [0.2, 0.25) is 10.0 Å². The van der Waals surface area contributed by atoms with Crippen LogP contribution in [0.3, 0.4) is 0 Å². The zero-order chi connectivity index (χ0) is 24.7. The molecule has 0 bridgehead atoms. The van der Waals surface area contributed by atoms with Crippen molar-refractivity contribution < 1.29 is 13.2 Å². The van der Waals surface area contributed by atoms with E-state index in [2.05, 4.69) is 45.4 Å². The quantitative estimate of drug-likeness (QED) is 0.538. The summed E-state index contributed by atoms with van der Waals surface area (Å²) >= 11 is 0. The van der Waals surface area contributed by atoms with Crippen molar-refractivity contribution in [1.29, 1.82) is 0 Å². The summed E-state index contributed by atoms with van der Waals surface area (Å²) in [5.41, 5.74) is 2.58. The van der Waals surface area contributed by atoms with Gasteiger partial charge in [0.1, 0.15) is 0 Å². The van der Waals surface area contributed by atoms with E-state index in [1.165, 1.54) is 5.56 Å². The molecule has 0 aliphatic carbocycles. The van der Waals surface area contributed by atoms with Crippen LogP contribution in [-0.4, -0.2) is 80.8 Å². The molecule has 190 valence electrons. The van der Waals surface area contributed by atoms with E-state index in [9.17, 15) is 13.2 Å². The molecule has 0 spiro atoms. The fraction of sp³-hybridized carbons (Fsp3) is 0.519. The summed E-state index contributed by atoms with van der Waals surface area (Å²) in [6.45, 7) is 9.66. The second kappa shape index (κ2) is 12.1. The Labute approximate surface area is 210 Å². The summed E-state index contributed by atoms with van der Waals surface area (Å²) in [6.07, 6.45) is 3.72. The van der Waals surface area contributed by atoms with E-state index in [4.69, 9.17) is 0 Å². The smallest absolute Gasteiger partial charge is 0.251 e. The molecule has 0 radical (unpaired) electrons. The van der Waals surface area contributed by atoms with Gasteiger partial charge >= 0.3 is 0 Å². The van der Waals surface area contributed by atoms with Crippen LogP contribution < -0.4 is 5.32 Å². The molecular weight excluding hydrogens is 460 g/mol. The Hall–Kier alpha value is -2.26. The van der Waals surface area contributed by atoms with Crippen LogP contribution in [0.2, 0.25) is 0 Å². The number of nitrogens with zero attached hydrogens (tertiary/aromatic N) is 3. The minimum absolute atomic E-state index is 0.203. The number of aryl methyl sites for hydroxylation is 1. The van der Waals surface area contributed by atoms with Gasteiger partial charge in [-0.05, 0) is 56.0 Å². The number of amides is 1. The van der Waals surface area contributed by atoms with Gasteiger partial charge in [-0.3, -0.25) is 9.69 Å². The molecule has 4 rings (SSSR count). The van der Waals surface area contributed by atoms with Gasteiger partial charge in [-0.15, -0.1) is 0 Å². The summed E-state index contributed by atoms with van der Waals surface area (Å²) in [6, 6.07) is 15.5. The van der Waals surface area contributed by atoms with Crippen LogP contribution >= 0.6 is 0 Å². The molecule has 2 saturated heterocycles. The van der Waals surface area contributed by atoms with Gasteiger partial charge in [0.15, 0.2) is 0 Å². The van der Waals surface area contributed by atoms with Crippen LogP contribution in [0.5, 0.6) is 0 Å². The molecule has 2 aliphatic heterocycles. The number of sulfonamides is 1. The van der Waals surface area contributed by atoms with Crippen molar-refractivity contribution in [1.82, 2.24) is 19.4 Å². The van der Waals surface area contributed by atoms with Gasteiger partial charge < -0.3 is 10.2 Å². The van der Waals surface area contributed by atoms with Crippen molar-refractivity contribution >= 4 is 15.9 Å². The molecule has 35 heavy (non-hydrogen) atoms. The molecule has 2 aromatic rings. The Morgan fingerprint density at radius 3 is 2.29 bits per heavy atom. The third-order valence-electron chi connectivity index (χ3n) is 7.06. The van der Waals surface area contributed by atoms with E-state index in [0.717, 1.165) is 70.5 Å². The molecule has 2 aromatic carbocycles. The van der Waals surface area contributed by atoms with E-state index in [1.54, 1.807) is 22.5 Å². The first-order chi connectivity index (χ1) is 16.9. The lowest BCUT2D eigenvalue weighted by Gasteiger charge is -2.34. The summed E-state index contributed by atoms with van der Waals surface area (Å²) in [4.78, 5) is 18.0. The van der Waals surface area contributed by atoms with Crippen LogP contribution in [0.25, 0.3) is 0 Å². The first-order valence-corrected chi connectivity index (χ1v) is 14.2. The molecule has 8 heteroatoms. The Bertz CT molecular complexity index is 1080. The summed E-state index contributed by atoms with van der Waals surface area (Å²) in [7, 11) is -3.56. The average Bonchev–Trinajstić information content (AvgIpc) is 2.88. The molecule has 7 nitrogen and oxygen atoms in total. The number of rotatable bonds is 9. The van der Waals surface area contributed by atoms with Crippen molar-refractivity contribution in [2.75, 3.05) is 52.4 Å². The molecule has 2 fully saturated rings. The van der Waals surface area contributed by atoms with E-state index in [1.807, 2.05) is 6.92 Å². The molecular formula is C27H38N4O3S. The Morgan fingerprint density at radius 2 is 1.57 bits per heavy atom. The molecule has 1 N–H and O–H groups in total. The number of benzene rings is 2. The highest BCUT2D eigenvalue weighted by molar-refractivity contribution is 7.89. The number of carbonyl (C=O) groups excluding carboxylic acids is 1. The van der Waals surface area contributed by atoms with Crippen molar-refractivity contribution in [3.63, 3.8) is 0 Å². The standard InChI is InChI=1S/C27H38N4O3S/c1-23-11-12-25(35(33,34)31-15-6-3-7-16-31)21-26(23)27(32)28-13-8-14-29-17-19-30(20-18-29)22-24-9-4-2-5-10-24/h2,4-5,9-12,21H,3,6-8,13-20,22H2,1H3,(H,28,32). The topological polar surface area (TPSA) is 73.0 Å². The van der Waals surface area contributed by atoms with Crippen LogP contribution in [0.15, 0.2) is 53.4 Å². The minimum atomic E-state index is -3.56. The molecule has 0 atom stereocenters. The van der Waals surface area contributed by atoms with Crippen molar-refractivity contribution in [3.05, 3.63) is 65.2 Å². The highest BCUT2D eigenvalue weighted by Gasteiger charge is 2.27. The van der Waals surface area contributed by atoms with Gasteiger partial charge in [-0.25, -0.2) is 8.42 Å². The SMILES string of the molecule is Cc1ccc(S(=O)(=O)N2CCCCC2)cc1C(=O)NCCCN1CCN(Cc2ccccc2)CC1. The fourth-order valence-electron chi connectivity index (χ4n) is 4.87. The van der Waals surface area contributed by atoms with Crippen LogP contribution in [0.4, 0.5) is 0 Å². The minimum Gasteiger partial charge on any atom is -0.352 e. The Morgan fingerprint density at radius 1 is 0.886 bits per heavy atom. The second-order valence-electron chi connectivity index (χ2n) is 9.65. The number of piperidine rings is 1. The average molecular weight is 499 g/mol. The van der Waals surface area contributed by atoms with Gasteiger partial charge in [-0.1, -0.05) is 42.8 Å². The van der Waals surface area contributed by atoms with Gasteiger partial charge in [0, 0.05) is 57.9 Å². The predicted octanol–water partition coefficient (Wildman–Crippen LogP) is 3.11. The summed E-state index contributed by atoms with van der Waals surface area (Å²) in [5.74, 6) is -0.203. The number of nitrogens with one attached hydrogen (secondary N) is 1. The van der Waals surface area contributed by atoms with Crippen LogP contribution in [-0.2, 0) is 16.6 Å². The van der Waals surface area contributed by atoms with E-state index < -0.39 is 10.0 Å². The third kappa shape index (κ3) is 6.91. The summed E-state index contributed by atoms with van der Waals surface area (Å²) in [5, 5.41) is 2.99. The number of piperazine rings is 1. The predicted molar refractivity (Wildman–Crippen MR) is 139 cm³/mol. The molecule has 0 saturated carbocycles. The molecule has 2 heterocycles. The zero-order valence-electron chi connectivity index (χ0n) is 20.8. The first kappa shape index (κ1) is 25.8. The van der Waals surface area contributed by atoms with Gasteiger partial charge in [-0.2, -0.15) is 4.31 Å². The van der Waals surface area contributed by atoms with Crippen LogP contribution in [0, 0.1) is 6.92 Å². The normalized spacial score (nSPS) is 18.4. The number of hydrogen-bond donors (Lipinski definition) is 1. The highest BCUT2D eigenvalue weighted by atomic mass is 32.2. The first-order valence-electron chi connectivity index (χ1n) is 12.8. The molecule has 0 unspecified atom stereocenters. The van der Waals surface area contributed by atoms with Crippen molar-refractivity contribution in [2.24, 2.45) is 0 Å². The van der Waals surface area contributed by atoms with Gasteiger partial charge in [0.25, 0.3) is 5.91 Å². The monoisotopic (exact) mass is 498 g/mol. The Kier molecular flexibility index (Phi) is 8.94. The van der Waals surface area contributed by atoms with Crippen molar-refractivity contribution in [3.8, 4) is 0 Å². The Balaban J connectivity index is 1.22. The maximum Gasteiger partial charge on any atom is 0.251 e. The summed E-state index contributed by atoms with van der Waals surface area (Å²) < 4.78 is 27.6. The molecule has 2 aliphatic rings. The lowest BCUT2D eigenvalue weighted by molar-refractivity contribution is 0.0946.